The molecule has 1 N–H and O–H groups in total. The van der Waals surface area contributed by atoms with Crippen LogP contribution >= 0.6 is 11.3 Å². The second-order valence-corrected chi connectivity index (χ2v) is 5.73. The fraction of sp³-hybridized carbons (Fsp3) is 0.333. The van der Waals surface area contributed by atoms with Crippen LogP contribution in [-0.4, -0.2) is 7.11 Å². The zero-order valence-electron chi connectivity index (χ0n) is 11.1. The lowest BCUT2D eigenvalue weighted by Gasteiger charge is -2.16. The van der Waals surface area contributed by atoms with Crippen molar-refractivity contribution in [2.45, 2.75) is 26.4 Å². The summed E-state index contributed by atoms with van der Waals surface area (Å²) in [5, 5.41) is 3.53. The van der Waals surface area contributed by atoms with Crippen molar-refractivity contribution in [3.05, 3.63) is 51.7 Å². The molecule has 0 saturated heterocycles. The topological polar surface area (TPSA) is 21.3 Å². The Bertz CT molecular complexity index is 507. The van der Waals surface area contributed by atoms with Gasteiger partial charge in [0, 0.05) is 27.9 Å². The normalized spacial score (nSPS) is 12.4. The van der Waals surface area contributed by atoms with Crippen LogP contribution in [0.15, 0.2) is 36.4 Å². The maximum absolute atomic E-state index is 5.39. The maximum atomic E-state index is 5.39. The van der Waals surface area contributed by atoms with E-state index >= 15 is 0 Å². The number of benzene rings is 1. The van der Waals surface area contributed by atoms with Crippen molar-refractivity contribution in [1.29, 1.82) is 0 Å². The zero-order chi connectivity index (χ0) is 13.0. The van der Waals surface area contributed by atoms with Gasteiger partial charge in [0.25, 0.3) is 0 Å². The van der Waals surface area contributed by atoms with E-state index in [9.17, 15) is 0 Å². The van der Waals surface area contributed by atoms with E-state index in [1.807, 2.05) is 29.5 Å². The third-order valence-electron chi connectivity index (χ3n) is 2.98. The van der Waals surface area contributed by atoms with E-state index in [-0.39, 0.29) is 6.04 Å². The average Bonchev–Trinajstić information content (AvgIpc) is 2.81. The SMILES string of the molecule is COc1ccccc1[C@@H](C)NCc1ccc(C)s1. The molecule has 2 aromatic rings. The third kappa shape index (κ3) is 3.12. The van der Waals surface area contributed by atoms with Crippen molar-refractivity contribution < 1.29 is 4.74 Å². The molecule has 0 radical (unpaired) electrons. The summed E-state index contributed by atoms with van der Waals surface area (Å²) in [7, 11) is 1.72. The largest absolute Gasteiger partial charge is 0.496 e. The van der Waals surface area contributed by atoms with Gasteiger partial charge in [0.15, 0.2) is 0 Å². The van der Waals surface area contributed by atoms with Crippen LogP contribution in [0.5, 0.6) is 5.75 Å². The first kappa shape index (κ1) is 13.1. The minimum atomic E-state index is 0.281. The van der Waals surface area contributed by atoms with Gasteiger partial charge in [-0.15, -0.1) is 11.3 Å². The Morgan fingerprint density at radius 3 is 2.67 bits per heavy atom. The second kappa shape index (κ2) is 6.03. The van der Waals surface area contributed by atoms with Crippen molar-refractivity contribution in [1.82, 2.24) is 5.32 Å². The van der Waals surface area contributed by atoms with E-state index in [0.29, 0.717) is 0 Å². The van der Waals surface area contributed by atoms with E-state index < -0.39 is 0 Å². The standard InChI is InChI=1S/C15H19NOS/c1-11-8-9-13(18-11)10-16-12(2)14-6-4-5-7-15(14)17-3/h4-9,12,16H,10H2,1-3H3/t12-/m1/s1. The first-order chi connectivity index (χ1) is 8.70. The zero-order valence-corrected chi connectivity index (χ0v) is 11.9. The Hall–Kier alpha value is -1.32. The Kier molecular flexibility index (Phi) is 4.39. The van der Waals surface area contributed by atoms with Crippen molar-refractivity contribution in [3.63, 3.8) is 0 Å². The molecule has 0 aliphatic heterocycles. The van der Waals surface area contributed by atoms with Crippen LogP contribution in [0, 0.1) is 6.92 Å². The van der Waals surface area contributed by atoms with E-state index in [1.54, 1.807) is 7.11 Å². The molecule has 96 valence electrons. The second-order valence-electron chi connectivity index (χ2n) is 4.36. The highest BCUT2D eigenvalue weighted by atomic mass is 32.1. The van der Waals surface area contributed by atoms with E-state index in [4.69, 9.17) is 4.74 Å². The maximum Gasteiger partial charge on any atom is 0.123 e. The highest BCUT2D eigenvalue weighted by molar-refractivity contribution is 7.11. The van der Waals surface area contributed by atoms with Gasteiger partial charge in [0.05, 0.1) is 7.11 Å². The van der Waals surface area contributed by atoms with Gasteiger partial charge in [0.2, 0.25) is 0 Å². The Labute approximate surface area is 113 Å². The molecule has 0 unspecified atom stereocenters. The number of rotatable bonds is 5. The highest BCUT2D eigenvalue weighted by Crippen LogP contribution is 2.25. The third-order valence-corrected chi connectivity index (χ3v) is 3.98. The summed E-state index contributed by atoms with van der Waals surface area (Å²) in [6, 6.07) is 12.8. The molecule has 0 bridgehead atoms. The molecule has 1 aromatic carbocycles. The number of ether oxygens (including phenoxy) is 1. The number of hydrogen-bond acceptors (Lipinski definition) is 3. The van der Waals surface area contributed by atoms with E-state index in [1.165, 1.54) is 15.3 Å². The Morgan fingerprint density at radius 2 is 2.00 bits per heavy atom. The van der Waals surface area contributed by atoms with E-state index in [2.05, 4.69) is 37.4 Å². The van der Waals surface area contributed by atoms with Crippen LogP contribution < -0.4 is 10.1 Å². The molecule has 2 nitrogen and oxygen atoms in total. The molecule has 1 heterocycles. The van der Waals surface area contributed by atoms with Crippen molar-refractivity contribution in [2.24, 2.45) is 0 Å². The van der Waals surface area contributed by atoms with Gasteiger partial charge < -0.3 is 10.1 Å². The van der Waals surface area contributed by atoms with Crippen LogP contribution in [0.25, 0.3) is 0 Å². The van der Waals surface area contributed by atoms with Crippen LogP contribution in [0.1, 0.15) is 28.3 Å². The summed E-state index contributed by atoms with van der Waals surface area (Å²) < 4.78 is 5.39. The van der Waals surface area contributed by atoms with Gasteiger partial charge in [0.1, 0.15) is 5.75 Å². The summed E-state index contributed by atoms with van der Waals surface area (Å²) in [6.45, 7) is 5.20. The number of methoxy groups -OCH3 is 1. The molecule has 18 heavy (non-hydrogen) atoms. The number of hydrogen-bond donors (Lipinski definition) is 1. The van der Waals surface area contributed by atoms with Gasteiger partial charge in [-0.1, -0.05) is 18.2 Å². The lowest BCUT2D eigenvalue weighted by molar-refractivity contribution is 0.401. The molecule has 0 aliphatic rings. The number of aryl methyl sites for hydroxylation is 1. The first-order valence-corrected chi connectivity index (χ1v) is 6.94. The molecule has 0 saturated carbocycles. The predicted octanol–water partition coefficient (Wildman–Crippen LogP) is 3.92. The van der Waals surface area contributed by atoms with Gasteiger partial charge >= 0.3 is 0 Å². The molecular formula is C15H19NOS. The van der Waals surface area contributed by atoms with Gasteiger partial charge in [-0.2, -0.15) is 0 Å². The molecule has 0 fully saturated rings. The van der Waals surface area contributed by atoms with Gasteiger partial charge in [-0.3, -0.25) is 0 Å². The highest BCUT2D eigenvalue weighted by Gasteiger charge is 2.10. The summed E-state index contributed by atoms with van der Waals surface area (Å²) in [6.07, 6.45) is 0. The van der Waals surface area contributed by atoms with Crippen LogP contribution in [-0.2, 0) is 6.54 Å². The van der Waals surface area contributed by atoms with Gasteiger partial charge in [-0.25, -0.2) is 0 Å². The lowest BCUT2D eigenvalue weighted by Crippen LogP contribution is -2.18. The Morgan fingerprint density at radius 1 is 1.22 bits per heavy atom. The molecule has 0 aliphatic carbocycles. The molecular weight excluding hydrogens is 242 g/mol. The van der Waals surface area contributed by atoms with Crippen molar-refractivity contribution in [2.75, 3.05) is 7.11 Å². The van der Waals surface area contributed by atoms with Crippen LogP contribution in [0.4, 0.5) is 0 Å². The summed E-state index contributed by atoms with van der Waals surface area (Å²) in [5.74, 6) is 0.944. The molecule has 1 atom stereocenters. The minimum Gasteiger partial charge on any atom is -0.496 e. The van der Waals surface area contributed by atoms with Crippen LogP contribution in [0.2, 0.25) is 0 Å². The van der Waals surface area contributed by atoms with Gasteiger partial charge in [-0.05, 0) is 32.0 Å². The first-order valence-electron chi connectivity index (χ1n) is 6.12. The van der Waals surface area contributed by atoms with Crippen molar-refractivity contribution >= 4 is 11.3 Å². The Balaban J connectivity index is 2.01. The monoisotopic (exact) mass is 261 g/mol. The summed E-state index contributed by atoms with van der Waals surface area (Å²) in [4.78, 5) is 2.73. The fourth-order valence-electron chi connectivity index (χ4n) is 1.97. The molecule has 3 heteroatoms. The molecule has 2 rings (SSSR count). The van der Waals surface area contributed by atoms with Crippen molar-refractivity contribution in [3.8, 4) is 5.75 Å². The minimum absolute atomic E-state index is 0.281. The molecule has 0 amide bonds. The lowest BCUT2D eigenvalue weighted by atomic mass is 10.1. The van der Waals surface area contributed by atoms with Crippen LogP contribution in [0.3, 0.4) is 0 Å². The quantitative estimate of drug-likeness (QED) is 0.881. The number of para-hydroxylation sites is 1. The van der Waals surface area contributed by atoms with E-state index in [0.717, 1.165) is 12.3 Å². The molecule has 0 spiro atoms. The molecule has 1 aromatic heterocycles. The predicted molar refractivity (Wildman–Crippen MR) is 77.3 cm³/mol. The smallest absolute Gasteiger partial charge is 0.123 e. The summed E-state index contributed by atoms with van der Waals surface area (Å²) in [5.41, 5.74) is 1.20. The number of nitrogens with one attached hydrogen (secondary N) is 1. The fourth-order valence-corrected chi connectivity index (χ4v) is 2.81. The average molecular weight is 261 g/mol. The number of thiophene rings is 1. The summed E-state index contributed by atoms with van der Waals surface area (Å²) >= 11 is 1.84.